The molecule has 0 atom stereocenters. The van der Waals surface area contributed by atoms with Gasteiger partial charge in [0.25, 0.3) is 0 Å². The molecule has 0 fully saturated rings. The minimum absolute atomic E-state index is 0.449. The number of benzene rings is 2. The Morgan fingerprint density at radius 2 is 1.94 bits per heavy atom. The lowest BCUT2D eigenvalue weighted by Gasteiger charge is -2.08. The van der Waals surface area contributed by atoms with Crippen molar-refractivity contribution in [1.29, 1.82) is 0 Å². The Balaban J connectivity index is 2.12. The molecule has 88 valence electrons. The summed E-state index contributed by atoms with van der Waals surface area (Å²) in [6, 6.07) is 13.1. The molecule has 1 aliphatic heterocycles. The number of carbonyl (C=O) groups excluding carboxylic acids is 1. The molecule has 1 heterocycles. The number of carbonyl (C=O) groups is 1. The summed E-state index contributed by atoms with van der Waals surface area (Å²) in [6.45, 7) is 0. The predicted octanol–water partition coefficient (Wildman–Crippen LogP) is 2.59. The fourth-order valence-electron chi connectivity index (χ4n) is 1.91. The molecule has 4 heteroatoms. The zero-order chi connectivity index (χ0) is 12.5. The van der Waals surface area contributed by atoms with Crippen molar-refractivity contribution in [3.8, 4) is 0 Å². The van der Waals surface area contributed by atoms with Crippen LogP contribution in [0.2, 0.25) is 0 Å². The summed E-state index contributed by atoms with van der Waals surface area (Å²) in [4.78, 5) is 15.5. The highest BCUT2D eigenvalue weighted by atomic mass is 16.1. The number of fused-ring (bicyclic) bond motifs is 2. The second-order valence-electron chi connectivity index (χ2n) is 4.07. The van der Waals surface area contributed by atoms with E-state index < -0.39 is 5.91 Å². The number of hydrogen-bond donors (Lipinski definition) is 2. The fourth-order valence-corrected chi connectivity index (χ4v) is 1.91. The van der Waals surface area contributed by atoms with Crippen molar-refractivity contribution in [2.75, 3.05) is 5.32 Å². The molecule has 3 N–H and O–H groups in total. The number of hydrogen-bond acceptors (Lipinski definition) is 3. The minimum Gasteiger partial charge on any atom is -0.366 e. The Bertz CT molecular complexity index is 662. The van der Waals surface area contributed by atoms with Crippen LogP contribution in [0.25, 0.3) is 0 Å². The van der Waals surface area contributed by atoms with E-state index >= 15 is 0 Å². The zero-order valence-electron chi connectivity index (χ0n) is 9.55. The monoisotopic (exact) mass is 237 g/mol. The molecule has 0 unspecified atom stereocenters. The quantitative estimate of drug-likeness (QED) is 0.683. The van der Waals surface area contributed by atoms with Crippen LogP contribution in [0.4, 0.5) is 17.1 Å². The number of aliphatic imine (C=N–C) groups is 1. The third-order valence-electron chi connectivity index (χ3n) is 2.86. The van der Waals surface area contributed by atoms with E-state index in [-0.39, 0.29) is 0 Å². The van der Waals surface area contributed by atoms with Crippen LogP contribution in [0.1, 0.15) is 15.9 Å². The summed E-state index contributed by atoms with van der Waals surface area (Å²) in [5, 5.41) is 3.29. The highest BCUT2D eigenvalue weighted by Crippen LogP contribution is 2.32. The van der Waals surface area contributed by atoms with E-state index in [1.165, 1.54) is 0 Å². The molecule has 1 amide bonds. The van der Waals surface area contributed by atoms with E-state index in [0.29, 0.717) is 11.3 Å². The van der Waals surface area contributed by atoms with Gasteiger partial charge in [-0.25, -0.2) is 0 Å². The van der Waals surface area contributed by atoms with E-state index in [1.807, 2.05) is 30.3 Å². The molecule has 1 aliphatic rings. The number of amides is 1. The van der Waals surface area contributed by atoms with Crippen LogP contribution in [0.15, 0.2) is 47.5 Å². The fraction of sp³-hybridized carbons (Fsp3) is 0. The second kappa shape index (κ2) is 4.00. The first-order valence-corrected chi connectivity index (χ1v) is 5.58. The Hall–Kier alpha value is -2.62. The number of para-hydroxylation sites is 1. The summed E-state index contributed by atoms with van der Waals surface area (Å²) in [5.74, 6) is -0.449. The van der Waals surface area contributed by atoms with Crippen molar-refractivity contribution in [1.82, 2.24) is 0 Å². The largest absolute Gasteiger partial charge is 0.366 e. The van der Waals surface area contributed by atoms with E-state index in [0.717, 1.165) is 16.9 Å². The maximum absolute atomic E-state index is 11.1. The molecule has 18 heavy (non-hydrogen) atoms. The van der Waals surface area contributed by atoms with Gasteiger partial charge in [0, 0.05) is 23.0 Å². The van der Waals surface area contributed by atoms with Gasteiger partial charge in [-0.15, -0.1) is 0 Å². The molecule has 0 saturated heterocycles. The number of rotatable bonds is 1. The van der Waals surface area contributed by atoms with Crippen LogP contribution in [0.3, 0.4) is 0 Å². The van der Waals surface area contributed by atoms with Crippen LogP contribution in [0.5, 0.6) is 0 Å². The number of nitrogens with one attached hydrogen (secondary N) is 1. The van der Waals surface area contributed by atoms with Gasteiger partial charge in [-0.05, 0) is 24.3 Å². The second-order valence-corrected chi connectivity index (χ2v) is 4.07. The summed E-state index contributed by atoms with van der Waals surface area (Å²) in [5.41, 5.74) is 9.29. The van der Waals surface area contributed by atoms with Crippen molar-refractivity contribution in [3.63, 3.8) is 0 Å². The smallest absolute Gasteiger partial charge is 0.248 e. The number of anilines is 2. The van der Waals surface area contributed by atoms with Gasteiger partial charge in [-0.1, -0.05) is 18.2 Å². The molecule has 0 radical (unpaired) electrons. The van der Waals surface area contributed by atoms with Crippen LogP contribution in [0, 0.1) is 0 Å². The van der Waals surface area contributed by atoms with Crippen LogP contribution in [-0.4, -0.2) is 12.1 Å². The summed E-state index contributed by atoms with van der Waals surface area (Å²) < 4.78 is 0. The summed E-state index contributed by atoms with van der Waals surface area (Å²) in [6.07, 6.45) is 1.78. The van der Waals surface area contributed by atoms with Gasteiger partial charge in [0.05, 0.1) is 11.4 Å². The Labute approximate surface area is 104 Å². The molecule has 0 aliphatic carbocycles. The van der Waals surface area contributed by atoms with Crippen LogP contribution in [-0.2, 0) is 0 Å². The van der Waals surface area contributed by atoms with E-state index in [9.17, 15) is 4.79 Å². The lowest BCUT2D eigenvalue weighted by Crippen LogP contribution is -2.10. The first-order valence-electron chi connectivity index (χ1n) is 5.58. The highest BCUT2D eigenvalue weighted by molar-refractivity contribution is 5.98. The van der Waals surface area contributed by atoms with Crippen molar-refractivity contribution < 1.29 is 4.79 Å². The topological polar surface area (TPSA) is 67.5 Å². The molecule has 3 rings (SSSR count). The maximum Gasteiger partial charge on any atom is 0.248 e. The molecule has 0 spiro atoms. The van der Waals surface area contributed by atoms with Crippen LogP contribution >= 0.6 is 0 Å². The molecule has 2 aromatic rings. The normalized spacial score (nSPS) is 12.0. The van der Waals surface area contributed by atoms with Gasteiger partial charge in [0.1, 0.15) is 0 Å². The van der Waals surface area contributed by atoms with E-state index in [1.54, 1.807) is 18.3 Å². The zero-order valence-corrected chi connectivity index (χ0v) is 9.55. The van der Waals surface area contributed by atoms with Gasteiger partial charge in [0.15, 0.2) is 0 Å². The first-order chi connectivity index (χ1) is 8.74. The van der Waals surface area contributed by atoms with Crippen molar-refractivity contribution in [3.05, 3.63) is 53.6 Å². The first kappa shape index (κ1) is 10.5. The predicted molar refractivity (Wildman–Crippen MR) is 71.9 cm³/mol. The molecule has 0 aromatic heterocycles. The van der Waals surface area contributed by atoms with E-state index in [2.05, 4.69) is 10.3 Å². The highest BCUT2D eigenvalue weighted by Gasteiger charge is 2.10. The molecule has 2 aromatic carbocycles. The van der Waals surface area contributed by atoms with E-state index in [4.69, 9.17) is 5.73 Å². The number of primary amides is 1. The third kappa shape index (κ3) is 1.73. The molecular weight excluding hydrogens is 226 g/mol. The van der Waals surface area contributed by atoms with Gasteiger partial charge in [-0.3, -0.25) is 9.79 Å². The average Bonchev–Trinajstić information content (AvgIpc) is 2.56. The molecule has 0 saturated carbocycles. The number of nitrogens with zero attached hydrogens (tertiary/aromatic N) is 1. The van der Waals surface area contributed by atoms with Gasteiger partial charge in [0.2, 0.25) is 5.91 Å². The Morgan fingerprint density at radius 3 is 2.78 bits per heavy atom. The van der Waals surface area contributed by atoms with Crippen molar-refractivity contribution >= 4 is 29.2 Å². The molecule has 0 bridgehead atoms. The van der Waals surface area contributed by atoms with Crippen molar-refractivity contribution in [2.45, 2.75) is 0 Å². The Kier molecular flexibility index (Phi) is 2.34. The number of nitrogens with two attached hydrogens (primary N) is 1. The van der Waals surface area contributed by atoms with Gasteiger partial charge < -0.3 is 11.1 Å². The lowest BCUT2D eigenvalue weighted by atomic mass is 10.1. The summed E-state index contributed by atoms with van der Waals surface area (Å²) in [7, 11) is 0. The standard InChI is InChI=1S/C14H11N3O/c15-14(18)9-5-6-12-13(7-9)16-8-10-3-1-2-4-11(10)17-12/h1-8,17H,(H2,15,18). The lowest BCUT2D eigenvalue weighted by molar-refractivity contribution is 0.100. The molecule has 4 nitrogen and oxygen atoms in total. The van der Waals surface area contributed by atoms with Gasteiger partial charge in [-0.2, -0.15) is 0 Å². The SMILES string of the molecule is NC(=O)c1ccc2c(c1)N=Cc1ccccc1N2. The van der Waals surface area contributed by atoms with Gasteiger partial charge >= 0.3 is 0 Å². The summed E-state index contributed by atoms with van der Waals surface area (Å²) >= 11 is 0. The van der Waals surface area contributed by atoms with Crippen molar-refractivity contribution in [2.24, 2.45) is 10.7 Å². The third-order valence-corrected chi connectivity index (χ3v) is 2.86. The van der Waals surface area contributed by atoms with Crippen LogP contribution < -0.4 is 11.1 Å². The average molecular weight is 237 g/mol. The molecular formula is C14H11N3O. The maximum atomic E-state index is 11.1. The Morgan fingerprint density at radius 1 is 1.11 bits per heavy atom. The minimum atomic E-state index is -0.449.